The van der Waals surface area contributed by atoms with Gasteiger partial charge in [-0.15, -0.1) is 13.2 Å². The average molecular weight is 487 g/mol. The summed E-state index contributed by atoms with van der Waals surface area (Å²) < 4.78 is 48.5. The number of aromatic amines is 1. The van der Waals surface area contributed by atoms with Crippen molar-refractivity contribution >= 4 is 22.7 Å². The second-order valence-corrected chi connectivity index (χ2v) is 9.23. The Bertz CT molecular complexity index is 1340. The Hall–Kier alpha value is -3.69. The number of para-hydroxylation sites is 1. The first kappa shape index (κ1) is 23.1. The number of rotatable bonds is 5. The highest BCUT2D eigenvalue weighted by atomic mass is 19.4. The minimum absolute atomic E-state index is 0.187. The summed E-state index contributed by atoms with van der Waals surface area (Å²) in [5.41, 5.74) is 7.63. The summed E-state index contributed by atoms with van der Waals surface area (Å²) in [7, 11) is 0. The van der Waals surface area contributed by atoms with E-state index in [1.54, 1.807) is 6.07 Å². The molecule has 0 aliphatic carbocycles. The third kappa shape index (κ3) is 3.96. The lowest BCUT2D eigenvalue weighted by Crippen LogP contribution is -2.64. The third-order valence-electron chi connectivity index (χ3n) is 6.97. The number of fused-ring (bicyclic) bond motifs is 5. The van der Waals surface area contributed by atoms with Crippen molar-refractivity contribution in [1.82, 2.24) is 9.88 Å². The monoisotopic (exact) mass is 487 g/mol. The molecule has 3 aromatic rings. The number of primary amides is 1. The van der Waals surface area contributed by atoms with Gasteiger partial charge in [0.1, 0.15) is 17.4 Å². The SMILES string of the molecule is Cc1[nH]c2ccc(OC(F)(F)F)cc2c1CCN1C(=O)[C@@H](C(N)=O)[C@H]2C[C@@]1(C)Oc1ccccc12. The van der Waals surface area contributed by atoms with Gasteiger partial charge in [-0.2, -0.15) is 0 Å². The number of alkyl halides is 3. The van der Waals surface area contributed by atoms with E-state index in [1.165, 1.54) is 23.1 Å². The fourth-order valence-corrected chi connectivity index (χ4v) is 5.48. The van der Waals surface area contributed by atoms with Gasteiger partial charge in [0.15, 0.2) is 5.72 Å². The Labute approximate surface area is 199 Å². The molecule has 0 saturated carbocycles. The van der Waals surface area contributed by atoms with Crippen LogP contribution in [0.1, 0.15) is 36.1 Å². The number of aromatic nitrogens is 1. The Balaban J connectivity index is 1.48. The van der Waals surface area contributed by atoms with Crippen molar-refractivity contribution in [2.24, 2.45) is 11.7 Å². The van der Waals surface area contributed by atoms with Crippen LogP contribution in [0.4, 0.5) is 13.2 Å². The molecule has 1 saturated heterocycles. The Morgan fingerprint density at radius 3 is 2.74 bits per heavy atom. The van der Waals surface area contributed by atoms with Gasteiger partial charge in [-0.3, -0.25) is 9.59 Å². The van der Waals surface area contributed by atoms with Gasteiger partial charge < -0.3 is 25.1 Å². The average Bonchev–Trinajstić information content (AvgIpc) is 3.06. The van der Waals surface area contributed by atoms with E-state index in [0.717, 1.165) is 16.8 Å². The zero-order chi connectivity index (χ0) is 25.1. The summed E-state index contributed by atoms with van der Waals surface area (Å²) in [5.74, 6) is -2.24. The number of aryl methyl sites for hydroxylation is 1. The summed E-state index contributed by atoms with van der Waals surface area (Å²) >= 11 is 0. The molecule has 2 aliphatic heterocycles. The van der Waals surface area contributed by atoms with E-state index in [4.69, 9.17) is 10.5 Å². The molecule has 2 amide bonds. The second-order valence-electron chi connectivity index (χ2n) is 9.23. The minimum Gasteiger partial charge on any atom is -0.468 e. The van der Waals surface area contributed by atoms with Gasteiger partial charge >= 0.3 is 6.36 Å². The number of nitrogens with zero attached hydrogens (tertiary/aromatic N) is 1. The first-order chi connectivity index (χ1) is 16.5. The van der Waals surface area contributed by atoms with E-state index in [9.17, 15) is 22.8 Å². The van der Waals surface area contributed by atoms with Gasteiger partial charge in [0.2, 0.25) is 11.8 Å². The molecule has 2 aromatic carbocycles. The molecular formula is C25H24F3N3O4. The van der Waals surface area contributed by atoms with Crippen molar-refractivity contribution < 1.29 is 32.2 Å². The van der Waals surface area contributed by atoms with Crippen molar-refractivity contribution in [3.63, 3.8) is 0 Å². The molecule has 35 heavy (non-hydrogen) atoms. The number of nitrogens with one attached hydrogen (secondary N) is 1. The van der Waals surface area contributed by atoms with Crippen molar-refractivity contribution in [2.75, 3.05) is 6.54 Å². The van der Waals surface area contributed by atoms with Gasteiger partial charge in [0, 0.05) is 35.5 Å². The number of piperidine rings is 1. The van der Waals surface area contributed by atoms with Crippen LogP contribution in [0.2, 0.25) is 0 Å². The van der Waals surface area contributed by atoms with Crippen molar-refractivity contribution in [2.45, 2.75) is 44.7 Å². The molecular weight excluding hydrogens is 463 g/mol. The number of ether oxygens (including phenoxy) is 2. The van der Waals surface area contributed by atoms with Crippen molar-refractivity contribution in [1.29, 1.82) is 0 Å². The van der Waals surface area contributed by atoms with Gasteiger partial charge in [-0.25, -0.2) is 0 Å². The highest BCUT2D eigenvalue weighted by Crippen LogP contribution is 2.50. The molecule has 0 spiro atoms. The number of hydrogen-bond acceptors (Lipinski definition) is 4. The van der Waals surface area contributed by atoms with E-state index >= 15 is 0 Å². The quantitative estimate of drug-likeness (QED) is 0.529. The maximum absolute atomic E-state index is 13.5. The third-order valence-corrected chi connectivity index (χ3v) is 6.97. The molecule has 3 atom stereocenters. The van der Waals surface area contributed by atoms with E-state index in [1.807, 2.05) is 32.0 Å². The summed E-state index contributed by atoms with van der Waals surface area (Å²) in [6, 6.07) is 11.4. The first-order valence-electron chi connectivity index (χ1n) is 11.2. The topological polar surface area (TPSA) is 97.6 Å². The summed E-state index contributed by atoms with van der Waals surface area (Å²) in [4.78, 5) is 30.6. The largest absolute Gasteiger partial charge is 0.573 e. The molecule has 0 radical (unpaired) electrons. The van der Waals surface area contributed by atoms with Crippen LogP contribution in [0.25, 0.3) is 10.9 Å². The van der Waals surface area contributed by atoms with Gasteiger partial charge in [0.25, 0.3) is 0 Å². The van der Waals surface area contributed by atoms with E-state index in [-0.39, 0.29) is 18.2 Å². The molecule has 1 fully saturated rings. The number of hydrogen-bond donors (Lipinski definition) is 2. The van der Waals surface area contributed by atoms with E-state index in [0.29, 0.717) is 29.5 Å². The summed E-state index contributed by atoms with van der Waals surface area (Å²) in [6.07, 6.45) is -4.08. The number of benzene rings is 2. The molecule has 5 rings (SSSR count). The fourth-order valence-electron chi connectivity index (χ4n) is 5.48. The number of H-pyrrole nitrogens is 1. The zero-order valence-corrected chi connectivity index (χ0v) is 19.1. The van der Waals surface area contributed by atoms with E-state index < -0.39 is 29.8 Å². The molecule has 184 valence electrons. The van der Waals surface area contributed by atoms with Crippen LogP contribution in [-0.2, 0) is 16.0 Å². The predicted molar refractivity (Wildman–Crippen MR) is 121 cm³/mol. The smallest absolute Gasteiger partial charge is 0.468 e. The van der Waals surface area contributed by atoms with Crippen LogP contribution in [0.3, 0.4) is 0 Å². The van der Waals surface area contributed by atoms with Gasteiger partial charge in [-0.1, -0.05) is 18.2 Å². The number of amides is 2. The Morgan fingerprint density at radius 1 is 1.29 bits per heavy atom. The normalized spacial score (nSPS) is 23.7. The van der Waals surface area contributed by atoms with Crippen molar-refractivity contribution in [3.05, 3.63) is 59.3 Å². The lowest BCUT2D eigenvalue weighted by Gasteiger charge is -2.52. The lowest BCUT2D eigenvalue weighted by atomic mass is 9.73. The molecule has 7 nitrogen and oxygen atoms in total. The molecule has 1 aromatic heterocycles. The summed E-state index contributed by atoms with van der Waals surface area (Å²) in [6.45, 7) is 3.81. The van der Waals surface area contributed by atoms with Crippen LogP contribution >= 0.6 is 0 Å². The van der Waals surface area contributed by atoms with E-state index in [2.05, 4.69) is 9.72 Å². The van der Waals surface area contributed by atoms with Crippen LogP contribution in [0.5, 0.6) is 11.5 Å². The van der Waals surface area contributed by atoms with Crippen LogP contribution < -0.4 is 15.2 Å². The maximum atomic E-state index is 13.5. The zero-order valence-electron chi connectivity index (χ0n) is 19.1. The molecule has 0 unspecified atom stereocenters. The molecule has 2 aliphatic rings. The van der Waals surface area contributed by atoms with Crippen LogP contribution in [0.15, 0.2) is 42.5 Å². The van der Waals surface area contributed by atoms with Gasteiger partial charge in [0.05, 0.1) is 0 Å². The second kappa shape index (κ2) is 7.93. The number of carbonyl (C=O) groups is 2. The molecule has 2 bridgehead atoms. The van der Waals surface area contributed by atoms with Gasteiger partial charge in [-0.05, 0) is 55.7 Å². The highest BCUT2D eigenvalue weighted by Gasteiger charge is 2.55. The lowest BCUT2D eigenvalue weighted by molar-refractivity contribution is -0.274. The number of halogens is 3. The highest BCUT2D eigenvalue weighted by molar-refractivity contribution is 6.02. The maximum Gasteiger partial charge on any atom is 0.573 e. The first-order valence-corrected chi connectivity index (χ1v) is 11.2. The van der Waals surface area contributed by atoms with Crippen LogP contribution in [0, 0.1) is 12.8 Å². The number of nitrogens with two attached hydrogens (primary N) is 1. The Morgan fingerprint density at radius 2 is 2.03 bits per heavy atom. The molecule has 3 N–H and O–H groups in total. The molecule has 3 heterocycles. The van der Waals surface area contributed by atoms with Crippen LogP contribution in [-0.4, -0.2) is 40.3 Å². The Kier molecular flexibility index (Phi) is 5.23. The predicted octanol–water partition coefficient (Wildman–Crippen LogP) is 4.14. The fraction of sp³-hybridized carbons (Fsp3) is 0.360. The van der Waals surface area contributed by atoms with Crippen molar-refractivity contribution in [3.8, 4) is 11.5 Å². The minimum atomic E-state index is -4.80. The summed E-state index contributed by atoms with van der Waals surface area (Å²) in [5, 5.41) is 0.568. The number of carbonyl (C=O) groups excluding carboxylic acids is 2. The molecule has 10 heteroatoms. The standard InChI is InChI=1S/C25H24F3N3O4/c1-13-15(17-11-14(34-25(26,27)28)7-8-19(17)30-13)9-10-31-23(33)21(22(29)32)18-12-24(31,2)35-20-6-4-3-5-16(18)20/h3-8,11,18,21,30H,9-10,12H2,1-2H3,(H2,29,32)/t18-,21+,24+/m0/s1. The number of likely N-dealkylation sites (tertiary alicyclic amines) is 1.